The van der Waals surface area contributed by atoms with Crippen molar-refractivity contribution in [3.8, 4) is 0 Å². The second kappa shape index (κ2) is 8.51. The maximum atomic E-state index is 13.2. The van der Waals surface area contributed by atoms with Crippen LogP contribution in [0.4, 0.5) is 5.82 Å². The van der Waals surface area contributed by atoms with Crippen molar-refractivity contribution in [2.75, 3.05) is 18.9 Å². The van der Waals surface area contributed by atoms with Gasteiger partial charge in [0.15, 0.2) is 17.7 Å². The Hall–Kier alpha value is -1.82. The molecule has 176 valence electrons. The predicted octanol–water partition coefficient (Wildman–Crippen LogP) is 2.00. The molecule has 2 aliphatic rings. The highest BCUT2D eigenvalue weighted by molar-refractivity contribution is 7.51. The van der Waals surface area contributed by atoms with Crippen LogP contribution in [0.15, 0.2) is 12.7 Å². The first kappa shape index (κ1) is 23.3. The van der Waals surface area contributed by atoms with E-state index in [2.05, 4.69) is 20.0 Å². The molecule has 4 rings (SSSR count). The molecular formula is C18H26ClN6O6P. The smallest absolute Gasteiger partial charge is 0.406 e. The quantitative estimate of drug-likeness (QED) is 0.348. The summed E-state index contributed by atoms with van der Waals surface area (Å²) in [7, 11) is -3.74. The molecule has 0 unspecified atom stereocenters. The molecule has 2 saturated heterocycles. The number of carbonyl (C=O) groups is 1. The summed E-state index contributed by atoms with van der Waals surface area (Å²) in [4.78, 5) is 23.0. The Morgan fingerprint density at radius 1 is 1.44 bits per heavy atom. The van der Waals surface area contributed by atoms with Crippen molar-refractivity contribution in [1.82, 2.24) is 24.6 Å². The van der Waals surface area contributed by atoms with Crippen LogP contribution >= 0.6 is 19.3 Å². The van der Waals surface area contributed by atoms with Gasteiger partial charge in [-0.25, -0.2) is 24.6 Å². The van der Waals surface area contributed by atoms with E-state index in [1.54, 1.807) is 32.3 Å². The number of nitrogens with one attached hydrogen (secondary N) is 1. The average Bonchev–Trinajstić information content (AvgIpc) is 3.25. The normalized spacial score (nSPS) is 33.4. The topological polar surface area (TPSA) is 153 Å². The summed E-state index contributed by atoms with van der Waals surface area (Å²) >= 11 is 6.89. The van der Waals surface area contributed by atoms with Crippen LogP contribution in [0.3, 0.4) is 0 Å². The van der Waals surface area contributed by atoms with Crippen LogP contribution < -0.4 is 10.8 Å². The molecule has 0 saturated carbocycles. The van der Waals surface area contributed by atoms with Gasteiger partial charge in [0.05, 0.1) is 18.9 Å². The van der Waals surface area contributed by atoms with Crippen LogP contribution in [0.25, 0.3) is 11.2 Å². The number of alkyl halides is 1. The molecule has 32 heavy (non-hydrogen) atoms. The Morgan fingerprint density at radius 2 is 2.19 bits per heavy atom. The number of rotatable bonds is 6. The fraction of sp³-hybridized carbons (Fsp3) is 0.667. The number of carbonyl (C=O) groups excluding carboxylic acids is 1. The number of nitrogens with two attached hydrogens (primary N) is 1. The van der Waals surface area contributed by atoms with Crippen LogP contribution in [0.2, 0.25) is 0 Å². The largest absolute Gasteiger partial charge is 0.464 e. The number of ether oxygens (including phenoxy) is 2. The number of anilines is 1. The summed E-state index contributed by atoms with van der Waals surface area (Å²) in [6.45, 7) is 6.91. The van der Waals surface area contributed by atoms with Gasteiger partial charge in [-0.1, -0.05) is 13.8 Å². The second-order valence-corrected chi connectivity index (χ2v) is 10.9. The molecule has 0 amide bonds. The van der Waals surface area contributed by atoms with E-state index in [4.69, 9.17) is 35.9 Å². The minimum Gasteiger partial charge on any atom is -0.464 e. The third-order valence-corrected chi connectivity index (χ3v) is 7.46. The summed E-state index contributed by atoms with van der Waals surface area (Å²) < 4.78 is 37.5. The molecule has 2 aromatic rings. The lowest BCUT2D eigenvalue weighted by atomic mass is 10.0. The maximum Gasteiger partial charge on any atom is 0.406 e. The van der Waals surface area contributed by atoms with Crippen molar-refractivity contribution < 1.29 is 27.9 Å². The SMILES string of the molecule is CC(C)C(=O)OC[C@H](C)N[P@@]1(=O)OC[C@H]2O[C@@H](n3cnc4c(N)ncnc43)[C@](C)(Cl)[C@@H]2O1. The molecule has 6 atom stereocenters. The monoisotopic (exact) mass is 488 g/mol. The van der Waals surface area contributed by atoms with Crippen LogP contribution in [-0.4, -0.2) is 61.8 Å². The van der Waals surface area contributed by atoms with E-state index in [0.717, 1.165) is 0 Å². The Bertz CT molecular complexity index is 1060. The number of imidazole rings is 1. The number of fused-ring (bicyclic) bond motifs is 2. The van der Waals surface area contributed by atoms with Gasteiger partial charge >= 0.3 is 13.7 Å². The van der Waals surface area contributed by atoms with Crippen molar-refractivity contribution in [3.63, 3.8) is 0 Å². The van der Waals surface area contributed by atoms with Crippen LogP contribution in [0.1, 0.15) is 33.9 Å². The van der Waals surface area contributed by atoms with Crippen molar-refractivity contribution in [3.05, 3.63) is 12.7 Å². The number of halogens is 1. The first-order chi connectivity index (χ1) is 15.0. The molecule has 2 aromatic heterocycles. The van der Waals surface area contributed by atoms with Gasteiger partial charge < -0.3 is 15.2 Å². The van der Waals surface area contributed by atoms with E-state index in [1.165, 1.54) is 12.7 Å². The molecule has 2 aliphatic heterocycles. The Morgan fingerprint density at radius 3 is 2.91 bits per heavy atom. The van der Waals surface area contributed by atoms with Crippen molar-refractivity contribution in [1.29, 1.82) is 0 Å². The van der Waals surface area contributed by atoms with Gasteiger partial charge in [-0.3, -0.25) is 18.4 Å². The van der Waals surface area contributed by atoms with E-state index >= 15 is 0 Å². The number of hydrogen-bond acceptors (Lipinski definition) is 10. The highest BCUT2D eigenvalue weighted by atomic mass is 35.5. The standard InChI is InChI=1S/C18H26ClN6O6P/c1-9(2)16(26)28-5-10(3)24-32(27)29-6-11-13(31-32)18(4,19)17(30-11)25-8-23-12-14(20)21-7-22-15(12)25/h7-11,13,17H,5-6H2,1-4H3,(H,24,27)(H2,20,21,22)/t10-,11+,13+,17+,18+,32+/m0/s1. The summed E-state index contributed by atoms with van der Waals surface area (Å²) in [5, 5.41) is 2.79. The molecule has 0 aromatic carbocycles. The fourth-order valence-corrected chi connectivity index (χ4v) is 5.86. The molecule has 0 spiro atoms. The molecule has 14 heteroatoms. The number of esters is 1. The number of hydrogen-bond donors (Lipinski definition) is 2. The van der Waals surface area contributed by atoms with Gasteiger partial charge in [-0.2, -0.15) is 0 Å². The summed E-state index contributed by atoms with van der Waals surface area (Å²) in [5.74, 6) is -0.369. The van der Waals surface area contributed by atoms with Crippen LogP contribution in [-0.2, 0) is 27.9 Å². The van der Waals surface area contributed by atoms with Crippen molar-refractivity contribution >= 4 is 42.3 Å². The van der Waals surface area contributed by atoms with Gasteiger partial charge in [-0.05, 0) is 13.8 Å². The third-order valence-electron chi connectivity index (χ3n) is 5.31. The molecule has 0 radical (unpaired) electrons. The second-order valence-electron chi connectivity index (χ2n) is 8.40. The van der Waals surface area contributed by atoms with Gasteiger partial charge in [0.1, 0.15) is 35.5 Å². The van der Waals surface area contributed by atoms with E-state index < -0.39 is 37.1 Å². The lowest BCUT2D eigenvalue weighted by Crippen LogP contribution is -2.46. The Labute approximate surface area is 189 Å². The lowest BCUT2D eigenvalue weighted by molar-refractivity contribution is -0.147. The van der Waals surface area contributed by atoms with Gasteiger partial charge in [0.25, 0.3) is 0 Å². The molecular weight excluding hydrogens is 463 g/mol. The third kappa shape index (κ3) is 4.23. The maximum absolute atomic E-state index is 13.2. The van der Waals surface area contributed by atoms with Gasteiger partial charge in [0.2, 0.25) is 0 Å². The minimum absolute atomic E-state index is 0.00396. The van der Waals surface area contributed by atoms with Crippen LogP contribution in [0.5, 0.6) is 0 Å². The van der Waals surface area contributed by atoms with E-state index in [0.29, 0.717) is 11.2 Å². The zero-order valence-electron chi connectivity index (χ0n) is 18.1. The van der Waals surface area contributed by atoms with E-state index in [-0.39, 0.29) is 30.9 Å². The number of nitrogens with zero attached hydrogens (tertiary/aromatic N) is 4. The van der Waals surface area contributed by atoms with E-state index in [9.17, 15) is 9.36 Å². The molecule has 0 bridgehead atoms. The predicted molar refractivity (Wildman–Crippen MR) is 115 cm³/mol. The first-order valence-electron chi connectivity index (χ1n) is 10.2. The molecule has 0 aliphatic carbocycles. The molecule has 12 nitrogen and oxygen atoms in total. The highest BCUT2D eigenvalue weighted by Crippen LogP contribution is 2.57. The number of nitrogen functional groups attached to an aromatic ring is 1. The summed E-state index contributed by atoms with van der Waals surface area (Å²) in [5.41, 5.74) is 6.75. The average molecular weight is 489 g/mol. The van der Waals surface area contributed by atoms with E-state index in [1.807, 2.05) is 0 Å². The zero-order chi connectivity index (χ0) is 23.3. The zero-order valence-corrected chi connectivity index (χ0v) is 19.7. The van der Waals surface area contributed by atoms with Crippen LogP contribution in [0, 0.1) is 5.92 Å². The highest BCUT2D eigenvalue weighted by Gasteiger charge is 2.59. The first-order valence-corrected chi connectivity index (χ1v) is 12.1. The Balaban J connectivity index is 1.49. The lowest BCUT2D eigenvalue weighted by Gasteiger charge is -2.36. The summed E-state index contributed by atoms with van der Waals surface area (Å²) in [6.07, 6.45) is 0.773. The molecule has 3 N–H and O–H groups in total. The van der Waals surface area contributed by atoms with Gasteiger partial charge in [0, 0.05) is 6.04 Å². The number of aromatic nitrogens is 4. The summed E-state index contributed by atoms with van der Waals surface area (Å²) in [6, 6.07) is -0.475. The van der Waals surface area contributed by atoms with Crippen molar-refractivity contribution in [2.24, 2.45) is 5.92 Å². The Kier molecular flexibility index (Phi) is 6.21. The molecule has 4 heterocycles. The van der Waals surface area contributed by atoms with Gasteiger partial charge in [-0.15, -0.1) is 11.6 Å². The fourth-order valence-electron chi connectivity index (χ4n) is 3.65. The van der Waals surface area contributed by atoms with Crippen molar-refractivity contribution in [2.45, 2.75) is 57.0 Å². The minimum atomic E-state index is -3.74. The molecule has 2 fully saturated rings.